The number of nitrogens with one attached hydrogen (secondary N) is 2. The Morgan fingerprint density at radius 2 is 2.10 bits per heavy atom. The van der Waals surface area contributed by atoms with Crippen LogP contribution < -0.4 is 5.32 Å². The van der Waals surface area contributed by atoms with Gasteiger partial charge in [-0.1, -0.05) is 30.3 Å². The van der Waals surface area contributed by atoms with Crippen molar-refractivity contribution in [2.45, 2.75) is 20.0 Å². The number of carbonyl (C=O) groups excluding carboxylic acids is 1. The molecule has 0 atom stereocenters. The Kier molecular flexibility index (Phi) is 5.55. The van der Waals surface area contributed by atoms with Gasteiger partial charge in [0, 0.05) is 16.0 Å². The summed E-state index contributed by atoms with van der Waals surface area (Å²) in [5, 5.41) is 22.7. The minimum absolute atomic E-state index is 0.0147. The normalized spacial score (nSPS) is 11.4. The Morgan fingerprint density at radius 3 is 2.90 bits per heavy atom. The molecule has 2 aromatic carbocycles. The highest BCUT2D eigenvalue weighted by Crippen LogP contribution is 2.26. The molecule has 0 aliphatic carbocycles. The quantitative estimate of drug-likeness (QED) is 0.434. The maximum Gasteiger partial charge on any atom is 0.229 e. The molecule has 0 saturated heterocycles. The van der Waals surface area contributed by atoms with Crippen LogP contribution in [-0.4, -0.2) is 21.2 Å². The van der Waals surface area contributed by atoms with Crippen molar-refractivity contribution < 1.29 is 9.90 Å². The fraction of sp³-hybridized carbons (Fsp3) is 0.130. The van der Waals surface area contributed by atoms with Gasteiger partial charge in [-0.25, -0.2) is 0 Å². The maximum absolute atomic E-state index is 12.4. The van der Waals surface area contributed by atoms with E-state index in [1.165, 1.54) is 0 Å². The number of aromatic nitrogens is 2. The van der Waals surface area contributed by atoms with E-state index in [0.29, 0.717) is 6.42 Å². The number of rotatable bonds is 6. The first-order valence-corrected chi connectivity index (χ1v) is 10.2. The highest BCUT2D eigenvalue weighted by atomic mass is 32.1. The molecule has 0 aliphatic heterocycles. The number of hydrogen-bond acceptors (Lipinski definition) is 4. The third-order valence-corrected chi connectivity index (χ3v) is 5.57. The first kappa shape index (κ1) is 19.1. The van der Waals surface area contributed by atoms with Crippen LogP contribution in [-0.2, 0) is 17.8 Å². The van der Waals surface area contributed by atoms with Crippen molar-refractivity contribution in [2.75, 3.05) is 5.32 Å². The van der Waals surface area contributed by atoms with Crippen molar-refractivity contribution in [3.8, 4) is 0 Å². The van der Waals surface area contributed by atoms with Crippen LogP contribution in [0.25, 0.3) is 23.1 Å². The molecule has 146 valence electrons. The maximum atomic E-state index is 12.4. The van der Waals surface area contributed by atoms with Gasteiger partial charge in [-0.3, -0.25) is 9.89 Å². The molecule has 6 heteroatoms. The summed E-state index contributed by atoms with van der Waals surface area (Å²) in [6, 6.07) is 15.6. The second-order valence-electron chi connectivity index (χ2n) is 6.86. The predicted molar refractivity (Wildman–Crippen MR) is 119 cm³/mol. The van der Waals surface area contributed by atoms with E-state index in [0.717, 1.165) is 43.9 Å². The number of carbonyl (C=O) groups is 1. The van der Waals surface area contributed by atoms with Gasteiger partial charge in [-0.05, 0) is 59.3 Å². The summed E-state index contributed by atoms with van der Waals surface area (Å²) in [5.41, 5.74) is 5.34. The summed E-state index contributed by atoms with van der Waals surface area (Å²) < 4.78 is 0. The molecular formula is C23H21N3O2S. The van der Waals surface area contributed by atoms with Crippen LogP contribution in [0.5, 0.6) is 0 Å². The number of benzene rings is 2. The lowest BCUT2D eigenvalue weighted by molar-refractivity contribution is -0.115. The fourth-order valence-corrected chi connectivity index (χ4v) is 3.89. The van der Waals surface area contributed by atoms with Gasteiger partial charge in [0.15, 0.2) is 0 Å². The van der Waals surface area contributed by atoms with Gasteiger partial charge in [0.05, 0.1) is 24.2 Å². The Balaban J connectivity index is 1.58. The molecule has 0 fully saturated rings. The molecule has 0 bridgehead atoms. The number of thiophene rings is 1. The SMILES string of the molecule is Cc1cc2[nH]nc(C=Cc3cccc(CO)c3)c2cc1NC(=O)Cc1cccs1. The number of aryl methyl sites for hydroxylation is 1. The third kappa shape index (κ3) is 4.45. The molecule has 0 unspecified atom stereocenters. The standard InChI is InChI=1S/C23H21N3O2S/c1-15-10-22-19(13-21(15)24-23(28)12-18-6-3-9-29-18)20(25-26-22)8-7-16-4-2-5-17(11-16)14-27/h2-11,13,27H,12,14H2,1H3,(H,24,28)(H,25,26). The number of aromatic amines is 1. The van der Waals surface area contributed by atoms with Gasteiger partial charge < -0.3 is 10.4 Å². The van der Waals surface area contributed by atoms with Crippen LogP contribution in [0.15, 0.2) is 53.9 Å². The van der Waals surface area contributed by atoms with Crippen LogP contribution in [0.1, 0.15) is 27.3 Å². The Bertz CT molecular complexity index is 1180. The van der Waals surface area contributed by atoms with Gasteiger partial charge >= 0.3 is 0 Å². The zero-order valence-corrected chi connectivity index (χ0v) is 16.8. The second-order valence-corrected chi connectivity index (χ2v) is 7.89. The smallest absolute Gasteiger partial charge is 0.229 e. The van der Waals surface area contributed by atoms with Gasteiger partial charge in [-0.2, -0.15) is 5.10 Å². The van der Waals surface area contributed by atoms with E-state index < -0.39 is 0 Å². The largest absolute Gasteiger partial charge is 0.392 e. The van der Waals surface area contributed by atoms with E-state index >= 15 is 0 Å². The van der Waals surface area contributed by atoms with Crippen molar-refractivity contribution >= 4 is 46.0 Å². The topological polar surface area (TPSA) is 78.0 Å². The van der Waals surface area contributed by atoms with Crippen LogP contribution in [0.3, 0.4) is 0 Å². The molecule has 0 spiro atoms. The van der Waals surface area contributed by atoms with Crippen molar-refractivity contribution in [1.82, 2.24) is 10.2 Å². The van der Waals surface area contributed by atoms with E-state index in [-0.39, 0.29) is 12.5 Å². The van der Waals surface area contributed by atoms with E-state index in [2.05, 4.69) is 15.5 Å². The Morgan fingerprint density at radius 1 is 1.21 bits per heavy atom. The van der Waals surface area contributed by atoms with E-state index in [4.69, 9.17) is 0 Å². The molecule has 4 aromatic rings. The number of fused-ring (bicyclic) bond motifs is 1. The van der Waals surface area contributed by atoms with E-state index in [1.54, 1.807) is 11.3 Å². The van der Waals surface area contributed by atoms with Crippen molar-refractivity contribution in [3.05, 3.63) is 81.2 Å². The third-order valence-electron chi connectivity index (χ3n) is 4.69. The van der Waals surface area contributed by atoms with Crippen molar-refractivity contribution in [3.63, 3.8) is 0 Å². The summed E-state index contributed by atoms with van der Waals surface area (Å²) >= 11 is 1.58. The molecule has 0 saturated carbocycles. The molecular weight excluding hydrogens is 382 g/mol. The summed E-state index contributed by atoms with van der Waals surface area (Å²) in [5.74, 6) is -0.0312. The molecule has 5 nitrogen and oxygen atoms in total. The molecule has 29 heavy (non-hydrogen) atoms. The fourth-order valence-electron chi connectivity index (χ4n) is 3.19. The molecule has 3 N–H and O–H groups in total. The van der Waals surface area contributed by atoms with Gasteiger partial charge in [0.2, 0.25) is 5.91 Å². The van der Waals surface area contributed by atoms with Crippen molar-refractivity contribution in [1.29, 1.82) is 0 Å². The van der Waals surface area contributed by atoms with E-state index in [1.807, 2.05) is 73.0 Å². The number of anilines is 1. The second kappa shape index (κ2) is 8.43. The molecule has 0 aliphatic rings. The number of aliphatic hydroxyl groups excluding tert-OH is 1. The number of hydrogen-bond donors (Lipinski definition) is 3. The summed E-state index contributed by atoms with van der Waals surface area (Å²) in [7, 11) is 0. The van der Waals surface area contributed by atoms with Crippen LogP contribution in [0, 0.1) is 6.92 Å². The summed E-state index contributed by atoms with van der Waals surface area (Å²) in [6.45, 7) is 1.98. The lowest BCUT2D eigenvalue weighted by atomic mass is 10.1. The first-order chi connectivity index (χ1) is 14.1. The monoisotopic (exact) mass is 403 g/mol. The van der Waals surface area contributed by atoms with Crippen LogP contribution >= 0.6 is 11.3 Å². The minimum atomic E-state index is -0.0312. The van der Waals surface area contributed by atoms with Crippen molar-refractivity contribution in [2.24, 2.45) is 0 Å². The lowest BCUT2D eigenvalue weighted by Gasteiger charge is -2.08. The molecule has 1 amide bonds. The van der Waals surface area contributed by atoms with Crippen LogP contribution in [0.4, 0.5) is 5.69 Å². The Labute approximate surface area is 172 Å². The average molecular weight is 404 g/mol. The predicted octanol–water partition coefficient (Wildman–Crippen LogP) is 4.78. The Hall–Kier alpha value is -3.22. The average Bonchev–Trinajstić information content (AvgIpc) is 3.36. The van der Waals surface area contributed by atoms with E-state index in [9.17, 15) is 9.90 Å². The lowest BCUT2D eigenvalue weighted by Crippen LogP contribution is -2.14. The number of amides is 1. The van der Waals surface area contributed by atoms with Gasteiger partial charge in [0.1, 0.15) is 0 Å². The number of nitrogens with zero attached hydrogens (tertiary/aromatic N) is 1. The highest BCUT2D eigenvalue weighted by Gasteiger charge is 2.11. The summed E-state index contributed by atoms with van der Waals surface area (Å²) in [4.78, 5) is 13.4. The highest BCUT2D eigenvalue weighted by molar-refractivity contribution is 7.10. The molecule has 4 rings (SSSR count). The van der Waals surface area contributed by atoms with Gasteiger partial charge in [0.25, 0.3) is 0 Å². The zero-order valence-electron chi connectivity index (χ0n) is 16.0. The molecule has 2 heterocycles. The summed E-state index contributed by atoms with van der Waals surface area (Å²) in [6.07, 6.45) is 4.26. The zero-order chi connectivity index (χ0) is 20.2. The van der Waals surface area contributed by atoms with Crippen LogP contribution in [0.2, 0.25) is 0 Å². The number of H-pyrrole nitrogens is 1. The molecule has 2 aromatic heterocycles. The minimum Gasteiger partial charge on any atom is -0.392 e. The van der Waals surface area contributed by atoms with Gasteiger partial charge in [-0.15, -0.1) is 11.3 Å². The number of aliphatic hydroxyl groups is 1. The first-order valence-electron chi connectivity index (χ1n) is 9.31. The molecule has 0 radical (unpaired) electrons.